The SMILES string of the molecule is CN=C(NCCN1CCCN(C)CC1)NCC1(c2cccs2)CCCCC1.I. The molecule has 2 fully saturated rings. The standard InChI is InChI=1S/C21H37N5S.HI/c1-22-20(23-11-14-26-13-7-12-25(2)15-16-26)24-18-21(9-4-3-5-10-21)19-8-6-17-27-19;/h6,8,17H,3-5,7,9-16,18H2,1-2H3,(H2,22,23,24);1H. The first-order chi connectivity index (χ1) is 13.2. The zero-order chi connectivity index (χ0) is 19.0. The van der Waals surface area contributed by atoms with Crippen LogP contribution >= 0.6 is 35.3 Å². The molecule has 0 bridgehead atoms. The lowest BCUT2D eigenvalue weighted by Gasteiger charge is -2.37. The third-order valence-electron chi connectivity index (χ3n) is 6.20. The summed E-state index contributed by atoms with van der Waals surface area (Å²) >= 11 is 1.92. The first-order valence-corrected chi connectivity index (χ1v) is 11.5. The number of halogens is 1. The summed E-state index contributed by atoms with van der Waals surface area (Å²) in [6.07, 6.45) is 7.92. The Morgan fingerprint density at radius 3 is 2.64 bits per heavy atom. The van der Waals surface area contributed by atoms with Gasteiger partial charge in [-0.25, -0.2) is 0 Å². The smallest absolute Gasteiger partial charge is 0.191 e. The largest absolute Gasteiger partial charge is 0.355 e. The second-order valence-electron chi connectivity index (χ2n) is 8.17. The van der Waals surface area contributed by atoms with E-state index in [1.54, 1.807) is 4.88 Å². The van der Waals surface area contributed by atoms with E-state index in [1.165, 1.54) is 64.7 Å². The molecule has 1 aliphatic heterocycles. The average Bonchev–Trinajstić information content (AvgIpc) is 3.17. The first-order valence-electron chi connectivity index (χ1n) is 10.6. The number of likely N-dealkylation sites (N-methyl/N-ethyl adjacent to an activating group) is 1. The van der Waals surface area contributed by atoms with Gasteiger partial charge in [0, 0.05) is 50.1 Å². The molecule has 2 aliphatic rings. The molecule has 1 aliphatic carbocycles. The molecule has 7 heteroatoms. The van der Waals surface area contributed by atoms with Gasteiger partial charge in [0.2, 0.25) is 0 Å². The van der Waals surface area contributed by atoms with Crippen LogP contribution in [-0.2, 0) is 5.41 Å². The maximum Gasteiger partial charge on any atom is 0.191 e. The highest BCUT2D eigenvalue weighted by atomic mass is 127. The van der Waals surface area contributed by atoms with Crippen LogP contribution in [0.15, 0.2) is 22.5 Å². The lowest BCUT2D eigenvalue weighted by atomic mass is 9.73. The maximum absolute atomic E-state index is 4.47. The quantitative estimate of drug-likeness (QED) is 0.344. The van der Waals surface area contributed by atoms with Gasteiger partial charge < -0.3 is 20.4 Å². The fraction of sp³-hybridized carbons (Fsp3) is 0.762. The Kier molecular flexibility index (Phi) is 10.5. The number of aliphatic imine (C=N–C) groups is 1. The highest BCUT2D eigenvalue weighted by Crippen LogP contribution is 2.41. The molecule has 3 rings (SSSR count). The van der Waals surface area contributed by atoms with Crippen LogP contribution in [0.1, 0.15) is 43.4 Å². The second kappa shape index (κ2) is 12.3. The summed E-state index contributed by atoms with van der Waals surface area (Å²) in [5, 5.41) is 9.40. The molecule has 0 aromatic carbocycles. The highest BCUT2D eigenvalue weighted by Gasteiger charge is 2.34. The molecule has 0 radical (unpaired) electrons. The van der Waals surface area contributed by atoms with Gasteiger partial charge in [-0.05, 0) is 50.8 Å². The third kappa shape index (κ3) is 6.85. The predicted molar refractivity (Wildman–Crippen MR) is 132 cm³/mol. The van der Waals surface area contributed by atoms with Gasteiger partial charge in [0.1, 0.15) is 0 Å². The van der Waals surface area contributed by atoms with Crippen LogP contribution in [-0.4, -0.2) is 75.7 Å². The molecule has 2 N–H and O–H groups in total. The molecule has 1 saturated carbocycles. The van der Waals surface area contributed by atoms with Gasteiger partial charge in [-0.2, -0.15) is 0 Å². The summed E-state index contributed by atoms with van der Waals surface area (Å²) in [7, 11) is 4.11. The molecule has 28 heavy (non-hydrogen) atoms. The fourth-order valence-corrected chi connectivity index (χ4v) is 5.44. The minimum absolute atomic E-state index is 0. The van der Waals surface area contributed by atoms with E-state index in [0.29, 0.717) is 5.41 Å². The Morgan fingerprint density at radius 1 is 1.11 bits per heavy atom. The van der Waals surface area contributed by atoms with Crippen molar-refractivity contribution in [1.82, 2.24) is 20.4 Å². The summed E-state index contributed by atoms with van der Waals surface area (Å²) in [6.45, 7) is 7.81. The van der Waals surface area contributed by atoms with E-state index in [-0.39, 0.29) is 24.0 Å². The fourth-order valence-electron chi connectivity index (χ4n) is 4.45. The number of thiophene rings is 1. The van der Waals surface area contributed by atoms with Crippen molar-refractivity contribution in [2.45, 2.75) is 43.9 Å². The van der Waals surface area contributed by atoms with Crippen molar-refractivity contribution in [1.29, 1.82) is 0 Å². The molecule has 5 nitrogen and oxygen atoms in total. The molecule has 1 saturated heterocycles. The number of nitrogens with zero attached hydrogens (tertiary/aromatic N) is 3. The van der Waals surface area contributed by atoms with Crippen LogP contribution in [0.4, 0.5) is 0 Å². The van der Waals surface area contributed by atoms with Crippen molar-refractivity contribution in [3.63, 3.8) is 0 Å². The Bertz CT molecular complexity index is 571. The summed E-state index contributed by atoms with van der Waals surface area (Å²) in [4.78, 5) is 11.0. The number of guanidine groups is 1. The van der Waals surface area contributed by atoms with Gasteiger partial charge in [0.25, 0.3) is 0 Å². The number of hydrogen-bond donors (Lipinski definition) is 2. The molecular formula is C21H38IN5S. The summed E-state index contributed by atoms with van der Waals surface area (Å²) < 4.78 is 0. The number of rotatable bonds is 6. The first kappa shape index (κ1) is 23.9. The second-order valence-corrected chi connectivity index (χ2v) is 9.12. The van der Waals surface area contributed by atoms with E-state index in [1.807, 2.05) is 18.4 Å². The van der Waals surface area contributed by atoms with Crippen molar-refractivity contribution in [3.05, 3.63) is 22.4 Å². The molecule has 1 aromatic heterocycles. The van der Waals surface area contributed by atoms with Gasteiger partial charge in [-0.15, -0.1) is 35.3 Å². The van der Waals surface area contributed by atoms with Gasteiger partial charge in [-0.3, -0.25) is 4.99 Å². The predicted octanol–water partition coefficient (Wildman–Crippen LogP) is 3.37. The van der Waals surface area contributed by atoms with E-state index in [9.17, 15) is 0 Å². The van der Waals surface area contributed by atoms with Crippen LogP contribution in [0, 0.1) is 0 Å². The number of nitrogens with one attached hydrogen (secondary N) is 2. The average molecular weight is 520 g/mol. The number of hydrogen-bond acceptors (Lipinski definition) is 4. The van der Waals surface area contributed by atoms with E-state index in [2.05, 4.69) is 50.0 Å². The van der Waals surface area contributed by atoms with Crippen molar-refractivity contribution in [2.75, 3.05) is 59.9 Å². The summed E-state index contributed by atoms with van der Waals surface area (Å²) in [6, 6.07) is 4.52. The van der Waals surface area contributed by atoms with E-state index < -0.39 is 0 Å². The lowest BCUT2D eigenvalue weighted by Crippen LogP contribution is -2.47. The van der Waals surface area contributed by atoms with E-state index in [4.69, 9.17) is 0 Å². The van der Waals surface area contributed by atoms with Gasteiger partial charge in [0.05, 0.1) is 0 Å². The molecule has 0 unspecified atom stereocenters. The Labute approximate surface area is 192 Å². The lowest BCUT2D eigenvalue weighted by molar-refractivity contribution is 0.279. The van der Waals surface area contributed by atoms with Crippen molar-refractivity contribution < 1.29 is 0 Å². The van der Waals surface area contributed by atoms with Crippen molar-refractivity contribution in [2.24, 2.45) is 4.99 Å². The molecule has 2 heterocycles. The van der Waals surface area contributed by atoms with Crippen LogP contribution < -0.4 is 10.6 Å². The molecule has 160 valence electrons. The van der Waals surface area contributed by atoms with Crippen LogP contribution in [0.5, 0.6) is 0 Å². The van der Waals surface area contributed by atoms with Crippen LogP contribution in [0.3, 0.4) is 0 Å². The van der Waals surface area contributed by atoms with Crippen molar-refractivity contribution >= 4 is 41.3 Å². The van der Waals surface area contributed by atoms with E-state index >= 15 is 0 Å². The van der Waals surface area contributed by atoms with Crippen LogP contribution in [0.2, 0.25) is 0 Å². The molecular weight excluding hydrogens is 481 g/mol. The molecule has 0 amide bonds. The molecule has 0 spiro atoms. The van der Waals surface area contributed by atoms with Crippen LogP contribution in [0.25, 0.3) is 0 Å². The van der Waals surface area contributed by atoms with Gasteiger partial charge >= 0.3 is 0 Å². The van der Waals surface area contributed by atoms with Crippen molar-refractivity contribution in [3.8, 4) is 0 Å². The highest BCUT2D eigenvalue weighted by molar-refractivity contribution is 14.0. The normalized spacial score (nSPS) is 21.6. The monoisotopic (exact) mass is 519 g/mol. The maximum atomic E-state index is 4.47. The molecule has 1 aromatic rings. The summed E-state index contributed by atoms with van der Waals surface area (Å²) in [5.74, 6) is 0.948. The Hall–Kier alpha value is -0.380. The zero-order valence-corrected chi connectivity index (χ0v) is 20.7. The Morgan fingerprint density at radius 2 is 1.93 bits per heavy atom. The molecule has 0 atom stereocenters. The van der Waals surface area contributed by atoms with E-state index in [0.717, 1.165) is 25.6 Å². The van der Waals surface area contributed by atoms with Gasteiger partial charge in [0.15, 0.2) is 5.96 Å². The topological polar surface area (TPSA) is 42.9 Å². The van der Waals surface area contributed by atoms with Gasteiger partial charge in [-0.1, -0.05) is 25.3 Å². The Balaban J connectivity index is 0.00000280. The zero-order valence-electron chi connectivity index (χ0n) is 17.6. The minimum atomic E-state index is 0. The third-order valence-corrected chi connectivity index (χ3v) is 7.32. The minimum Gasteiger partial charge on any atom is -0.355 e. The summed E-state index contributed by atoms with van der Waals surface area (Å²) in [5.41, 5.74) is 0.291.